The lowest BCUT2D eigenvalue weighted by atomic mass is 9.72. The van der Waals surface area contributed by atoms with Gasteiger partial charge in [-0.3, -0.25) is 9.59 Å². The molecule has 0 fully saturated rings. The Bertz CT molecular complexity index is 539. The van der Waals surface area contributed by atoms with Crippen LogP contribution in [0.25, 0.3) is 0 Å². The molecule has 0 amide bonds. The molecule has 0 saturated heterocycles. The molecule has 21 heavy (non-hydrogen) atoms. The molecule has 0 aliphatic heterocycles. The van der Waals surface area contributed by atoms with E-state index in [0.29, 0.717) is 6.42 Å². The summed E-state index contributed by atoms with van der Waals surface area (Å²) in [4.78, 5) is 24.4. The third-order valence-corrected chi connectivity index (χ3v) is 4.33. The van der Waals surface area contributed by atoms with Crippen molar-refractivity contribution >= 4 is 11.8 Å². The second kappa shape index (κ2) is 6.29. The number of hydrogen-bond donors (Lipinski definition) is 1. The average Bonchev–Trinajstić information content (AvgIpc) is 2.48. The number of phenols is 1. The average molecular weight is 292 g/mol. The maximum Gasteiger partial charge on any atom is 0.315 e. The van der Waals surface area contributed by atoms with Crippen molar-refractivity contribution in [1.29, 1.82) is 0 Å². The second-order valence-electron chi connectivity index (χ2n) is 5.75. The second-order valence-corrected chi connectivity index (χ2v) is 5.75. The number of methoxy groups -OCH3 is 1. The summed E-state index contributed by atoms with van der Waals surface area (Å²) in [5.41, 5.74) is 1.49. The zero-order valence-corrected chi connectivity index (χ0v) is 13.6. The van der Waals surface area contributed by atoms with Crippen molar-refractivity contribution < 1.29 is 19.4 Å². The Morgan fingerprint density at radius 3 is 2.14 bits per heavy atom. The predicted octanol–water partition coefficient (Wildman–Crippen LogP) is 3.05. The number of ether oxygens (including phenoxy) is 1. The van der Waals surface area contributed by atoms with E-state index in [-0.39, 0.29) is 11.5 Å². The van der Waals surface area contributed by atoms with Crippen molar-refractivity contribution in [3.63, 3.8) is 0 Å². The van der Waals surface area contributed by atoms with E-state index in [4.69, 9.17) is 0 Å². The first-order valence-electron chi connectivity index (χ1n) is 7.11. The van der Waals surface area contributed by atoms with Crippen LogP contribution >= 0.6 is 0 Å². The van der Waals surface area contributed by atoms with Gasteiger partial charge < -0.3 is 9.84 Å². The van der Waals surface area contributed by atoms with Crippen molar-refractivity contribution in [2.75, 3.05) is 7.11 Å². The van der Waals surface area contributed by atoms with Gasteiger partial charge in [-0.25, -0.2) is 0 Å². The summed E-state index contributed by atoms with van der Waals surface area (Å²) >= 11 is 0. The summed E-state index contributed by atoms with van der Waals surface area (Å²) in [6.45, 7) is 8.92. The minimum atomic E-state index is -0.811. The molecule has 1 N–H and O–H groups in total. The first kappa shape index (κ1) is 17.2. The molecule has 0 aliphatic carbocycles. The number of benzene rings is 1. The van der Waals surface area contributed by atoms with Gasteiger partial charge >= 0.3 is 5.97 Å². The fourth-order valence-electron chi connectivity index (χ4n) is 2.56. The van der Waals surface area contributed by atoms with Gasteiger partial charge in [0.25, 0.3) is 0 Å². The van der Waals surface area contributed by atoms with Gasteiger partial charge in [0.1, 0.15) is 11.7 Å². The summed E-state index contributed by atoms with van der Waals surface area (Å²) in [5, 5.41) is 9.88. The van der Waals surface area contributed by atoms with E-state index >= 15 is 0 Å². The number of Topliss-reactive ketones (excluding diaryl/α,β-unsaturated/α-hetero) is 1. The molecule has 0 saturated carbocycles. The van der Waals surface area contributed by atoms with Crippen LogP contribution in [-0.4, -0.2) is 24.0 Å². The van der Waals surface area contributed by atoms with Gasteiger partial charge in [0.2, 0.25) is 0 Å². The highest BCUT2D eigenvalue weighted by Gasteiger charge is 2.39. The van der Waals surface area contributed by atoms with Crippen LogP contribution in [0, 0.1) is 19.8 Å². The van der Waals surface area contributed by atoms with Crippen molar-refractivity contribution in [3.05, 3.63) is 28.8 Å². The van der Waals surface area contributed by atoms with Crippen LogP contribution in [0.3, 0.4) is 0 Å². The number of carbonyl (C=O) groups excluding carboxylic acids is 2. The van der Waals surface area contributed by atoms with E-state index in [2.05, 4.69) is 4.74 Å². The van der Waals surface area contributed by atoms with E-state index in [1.807, 2.05) is 26.0 Å². The molecule has 0 spiro atoms. The fraction of sp³-hybridized carbons (Fsp3) is 0.529. The highest BCUT2D eigenvalue weighted by molar-refractivity contribution is 6.04. The summed E-state index contributed by atoms with van der Waals surface area (Å²) in [6.07, 6.45) is 0.566. The third-order valence-electron chi connectivity index (χ3n) is 4.33. The lowest BCUT2D eigenvalue weighted by Gasteiger charge is -2.30. The zero-order chi connectivity index (χ0) is 16.4. The minimum absolute atomic E-state index is 0.165. The van der Waals surface area contributed by atoms with Crippen molar-refractivity contribution in [2.24, 2.45) is 5.92 Å². The van der Waals surface area contributed by atoms with Crippen molar-refractivity contribution in [3.8, 4) is 5.75 Å². The molecule has 4 nitrogen and oxygen atoms in total. The van der Waals surface area contributed by atoms with Crippen LogP contribution in [0.4, 0.5) is 0 Å². The molecule has 116 valence electrons. The van der Waals surface area contributed by atoms with Crippen LogP contribution in [0.1, 0.15) is 43.9 Å². The van der Waals surface area contributed by atoms with Gasteiger partial charge in [-0.15, -0.1) is 0 Å². The summed E-state index contributed by atoms with van der Waals surface area (Å²) < 4.78 is 4.68. The van der Waals surface area contributed by atoms with Gasteiger partial charge in [0.15, 0.2) is 5.78 Å². The Kier molecular flexibility index (Phi) is 5.15. The lowest BCUT2D eigenvalue weighted by molar-refractivity contribution is -0.150. The molecule has 4 heteroatoms. The summed E-state index contributed by atoms with van der Waals surface area (Å²) in [5.74, 6) is -1.26. The van der Waals surface area contributed by atoms with Gasteiger partial charge in [0, 0.05) is 0 Å². The maximum absolute atomic E-state index is 12.7. The fourth-order valence-corrected chi connectivity index (χ4v) is 2.56. The molecular formula is C17H24O4. The van der Waals surface area contributed by atoms with Crippen LogP contribution in [0.5, 0.6) is 5.75 Å². The number of rotatable bonds is 5. The Morgan fingerprint density at radius 1 is 1.29 bits per heavy atom. The zero-order valence-electron chi connectivity index (χ0n) is 13.6. The Balaban J connectivity index is 3.33. The van der Waals surface area contributed by atoms with E-state index in [0.717, 1.165) is 16.7 Å². The molecule has 0 radical (unpaired) electrons. The number of aromatic hydroxyl groups is 1. The predicted molar refractivity (Wildman–Crippen MR) is 81.4 cm³/mol. The molecule has 2 unspecified atom stereocenters. The van der Waals surface area contributed by atoms with Crippen LogP contribution < -0.4 is 0 Å². The van der Waals surface area contributed by atoms with Gasteiger partial charge in [-0.1, -0.05) is 19.1 Å². The number of carbonyl (C=O) groups is 2. The Morgan fingerprint density at radius 2 is 1.76 bits per heavy atom. The maximum atomic E-state index is 12.7. The molecule has 2 atom stereocenters. The van der Waals surface area contributed by atoms with Gasteiger partial charge in [-0.2, -0.15) is 0 Å². The number of hydrogen-bond acceptors (Lipinski definition) is 4. The minimum Gasteiger partial charge on any atom is -0.507 e. The largest absolute Gasteiger partial charge is 0.507 e. The Labute approximate surface area is 126 Å². The topological polar surface area (TPSA) is 63.6 Å². The molecule has 1 aromatic rings. The molecule has 0 bridgehead atoms. The van der Waals surface area contributed by atoms with E-state index in [1.54, 1.807) is 20.8 Å². The van der Waals surface area contributed by atoms with Gasteiger partial charge in [0.05, 0.1) is 12.5 Å². The molecule has 0 aliphatic rings. The third kappa shape index (κ3) is 3.09. The van der Waals surface area contributed by atoms with E-state index < -0.39 is 17.3 Å². The lowest BCUT2D eigenvalue weighted by Crippen LogP contribution is -2.39. The molecule has 1 aromatic carbocycles. The van der Waals surface area contributed by atoms with Crippen molar-refractivity contribution in [2.45, 2.75) is 46.5 Å². The molecule has 0 aromatic heterocycles. The summed E-state index contributed by atoms with van der Waals surface area (Å²) in [6, 6.07) is 3.63. The Hall–Kier alpha value is -1.84. The smallest absolute Gasteiger partial charge is 0.315 e. The standard InChI is InChI=1S/C17H24O4/c1-7-17(5,15(19)12(4)16(20)21-6)13-8-10(2)14(18)11(3)9-13/h8-9,12,18H,7H2,1-6H3. The number of phenolic OH excluding ortho intramolecular Hbond substituents is 1. The van der Waals surface area contributed by atoms with E-state index in [1.165, 1.54) is 7.11 Å². The quantitative estimate of drug-likeness (QED) is 0.669. The molecular weight excluding hydrogens is 268 g/mol. The summed E-state index contributed by atoms with van der Waals surface area (Å²) in [7, 11) is 1.28. The number of ketones is 1. The number of aryl methyl sites for hydroxylation is 2. The SMILES string of the molecule is CCC(C)(C(=O)C(C)C(=O)OC)c1cc(C)c(O)c(C)c1. The van der Waals surface area contributed by atoms with E-state index in [9.17, 15) is 14.7 Å². The molecule has 0 heterocycles. The highest BCUT2D eigenvalue weighted by atomic mass is 16.5. The monoisotopic (exact) mass is 292 g/mol. The van der Waals surface area contributed by atoms with Gasteiger partial charge in [-0.05, 0) is 50.8 Å². The first-order chi connectivity index (χ1) is 9.68. The highest BCUT2D eigenvalue weighted by Crippen LogP contribution is 2.35. The molecule has 1 rings (SSSR count). The normalized spacial score (nSPS) is 15.1. The van der Waals surface area contributed by atoms with Crippen LogP contribution in [-0.2, 0) is 19.7 Å². The van der Waals surface area contributed by atoms with Crippen LogP contribution in [0.2, 0.25) is 0 Å². The van der Waals surface area contributed by atoms with Crippen LogP contribution in [0.15, 0.2) is 12.1 Å². The first-order valence-corrected chi connectivity index (χ1v) is 7.11. The number of esters is 1. The van der Waals surface area contributed by atoms with Crippen molar-refractivity contribution in [1.82, 2.24) is 0 Å².